The predicted molar refractivity (Wildman–Crippen MR) is 78.2 cm³/mol. The maximum Gasteiger partial charge on any atom is 0.0726 e. The number of fused-ring (bicyclic) bond motifs is 1. The summed E-state index contributed by atoms with van der Waals surface area (Å²) in [5.74, 6) is 0. The van der Waals surface area contributed by atoms with Crippen molar-refractivity contribution in [1.82, 2.24) is 4.98 Å². The number of nitrogens with zero attached hydrogens (tertiary/aromatic N) is 2. The monoisotopic (exact) mass is 243 g/mol. The molecule has 0 saturated carbocycles. The van der Waals surface area contributed by atoms with Crippen LogP contribution in [-0.2, 0) is 6.42 Å². The van der Waals surface area contributed by atoms with Crippen LogP contribution in [-0.4, -0.2) is 25.1 Å². The Labute approximate surface area is 109 Å². The lowest BCUT2D eigenvalue weighted by molar-refractivity contribution is 0.739. The molecule has 0 amide bonds. The van der Waals surface area contributed by atoms with Gasteiger partial charge in [-0.1, -0.05) is 6.07 Å². The Hall–Kier alpha value is -1.61. The van der Waals surface area contributed by atoms with Crippen LogP contribution in [0, 0.1) is 6.92 Å². The molecular weight excluding hydrogens is 222 g/mol. The van der Waals surface area contributed by atoms with Crippen molar-refractivity contribution in [2.24, 2.45) is 5.73 Å². The van der Waals surface area contributed by atoms with Crippen LogP contribution in [0.15, 0.2) is 24.3 Å². The largest absolute Gasteiger partial charge is 0.377 e. The van der Waals surface area contributed by atoms with Gasteiger partial charge in [-0.15, -0.1) is 0 Å². The Morgan fingerprint density at radius 2 is 2.00 bits per heavy atom. The Bertz CT molecular complexity index is 559. The molecule has 3 heteroatoms. The maximum absolute atomic E-state index is 5.86. The molecule has 1 heterocycles. The van der Waals surface area contributed by atoms with Crippen molar-refractivity contribution in [3.63, 3.8) is 0 Å². The first-order valence-corrected chi connectivity index (χ1v) is 6.30. The lowest BCUT2D eigenvalue weighted by atomic mass is 10.0. The van der Waals surface area contributed by atoms with E-state index < -0.39 is 0 Å². The van der Waals surface area contributed by atoms with Gasteiger partial charge in [-0.05, 0) is 44.0 Å². The van der Waals surface area contributed by atoms with Gasteiger partial charge in [0.1, 0.15) is 0 Å². The van der Waals surface area contributed by atoms with Gasteiger partial charge >= 0.3 is 0 Å². The third-order valence-electron chi connectivity index (χ3n) is 3.02. The van der Waals surface area contributed by atoms with E-state index in [4.69, 9.17) is 5.73 Å². The molecule has 96 valence electrons. The van der Waals surface area contributed by atoms with Crippen molar-refractivity contribution in [1.29, 1.82) is 0 Å². The third-order valence-corrected chi connectivity index (χ3v) is 3.02. The first-order chi connectivity index (χ1) is 8.47. The van der Waals surface area contributed by atoms with Gasteiger partial charge in [0.05, 0.1) is 5.52 Å². The van der Waals surface area contributed by atoms with E-state index in [1.54, 1.807) is 0 Å². The number of benzene rings is 1. The normalized spacial score (nSPS) is 12.7. The van der Waals surface area contributed by atoms with Crippen LogP contribution in [0.4, 0.5) is 5.69 Å². The summed E-state index contributed by atoms with van der Waals surface area (Å²) in [6, 6.07) is 8.73. The third kappa shape index (κ3) is 2.62. The molecule has 1 atom stereocenters. The van der Waals surface area contributed by atoms with Crippen LogP contribution in [0.2, 0.25) is 0 Å². The molecule has 18 heavy (non-hydrogen) atoms. The summed E-state index contributed by atoms with van der Waals surface area (Å²) in [5, 5.41) is 1.20. The highest BCUT2D eigenvalue weighted by Crippen LogP contribution is 2.26. The predicted octanol–water partition coefficient (Wildman–Crippen LogP) is 2.50. The number of pyridine rings is 1. The number of aryl methyl sites for hydroxylation is 1. The zero-order chi connectivity index (χ0) is 13.3. The van der Waals surface area contributed by atoms with Crippen LogP contribution in [0.3, 0.4) is 0 Å². The second-order valence-electron chi connectivity index (χ2n) is 5.21. The molecule has 0 aliphatic carbocycles. The molecular formula is C15H21N3. The van der Waals surface area contributed by atoms with E-state index in [0.717, 1.165) is 17.6 Å². The molecule has 1 aromatic carbocycles. The average Bonchev–Trinajstić information content (AvgIpc) is 2.27. The fraction of sp³-hybridized carbons (Fsp3) is 0.400. The van der Waals surface area contributed by atoms with Gasteiger partial charge in [-0.2, -0.15) is 0 Å². The van der Waals surface area contributed by atoms with E-state index in [2.05, 4.69) is 48.2 Å². The lowest BCUT2D eigenvalue weighted by Crippen LogP contribution is -2.17. The number of aromatic nitrogens is 1. The average molecular weight is 243 g/mol. The molecule has 1 unspecified atom stereocenters. The zero-order valence-corrected chi connectivity index (χ0v) is 11.6. The molecule has 0 fully saturated rings. The van der Waals surface area contributed by atoms with Crippen molar-refractivity contribution in [3.05, 3.63) is 35.5 Å². The molecule has 0 saturated heterocycles. The summed E-state index contributed by atoms with van der Waals surface area (Å²) >= 11 is 0. The van der Waals surface area contributed by atoms with E-state index in [1.165, 1.54) is 16.6 Å². The van der Waals surface area contributed by atoms with Crippen LogP contribution in [0.5, 0.6) is 0 Å². The van der Waals surface area contributed by atoms with Gasteiger partial charge in [0.25, 0.3) is 0 Å². The number of nitrogens with two attached hydrogens (primary N) is 1. The van der Waals surface area contributed by atoms with Crippen LogP contribution < -0.4 is 10.6 Å². The molecule has 0 aliphatic rings. The fourth-order valence-electron chi connectivity index (χ4n) is 2.25. The molecule has 2 rings (SSSR count). The molecule has 3 nitrogen and oxygen atoms in total. The van der Waals surface area contributed by atoms with Crippen LogP contribution >= 0.6 is 0 Å². The Morgan fingerprint density at radius 3 is 2.61 bits per heavy atom. The van der Waals surface area contributed by atoms with Gasteiger partial charge in [0, 0.05) is 36.9 Å². The number of hydrogen-bond acceptors (Lipinski definition) is 3. The van der Waals surface area contributed by atoms with Crippen molar-refractivity contribution >= 4 is 16.6 Å². The second-order valence-corrected chi connectivity index (χ2v) is 5.21. The number of anilines is 1. The van der Waals surface area contributed by atoms with Crippen molar-refractivity contribution in [2.75, 3.05) is 19.0 Å². The van der Waals surface area contributed by atoms with Crippen molar-refractivity contribution in [3.8, 4) is 0 Å². The Morgan fingerprint density at radius 1 is 1.28 bits per heavy atom. The highest BCUT2D eigenvalue weighted by Gasteiger charge is 2.07. The van der Waals surface area contributed by atoms with E-state index in [0.29, 0.717) is 0 Å². The first-order valence-electron chi connectivity index (χ1n) is 6.30. The van der Waals surface area contributed by atoms with E-state index in [9.17, 15) is 0 Å². The van der Waals surface area contributed by atoms with E-state index >= 15 is 0 Å². The minimum Gasteiger partial charge on any atom is -0.377 e. The lowest BCUT2D eigenvalue weighted by Gasteiger charge is -2.17. The first kappa shape index (κ1) is 12.8. The van der Waals surface area contributed by atoms with Gasteiger partial charge in [0.15, 0.2) is 0 Å². The SMILES string of the molecule is Cc1cc(N(C)C)c2cc(CC(C)N)ccc2n1. The van der Waals surface area contributed by atoms with Gasteiger partial charge in [-0.3, -0.25) is 4.98 Å². The topological polar surface area (TPSA) is 42.1 Å². The Kier molecular flexibility index (Phi) is 3.53. The van der Waals surface area contributed by atoms with Gasteiger partial charge < -0.3 is 10.6 Å². The summed E-state index contributed by atoms with van der Waals surface area (Å²) in [5.41, 5.74) is 10.4. The Balaban J connectivity index is 2.59. The van der Waals surface area contributed by atoms with Crippen LogP contribution in [0.25, 0.3) is 10.9 Å². The van der Waals surface area contributed by atoms with Gasteiger partial charge in [-0.25, -0.2) is 0 Å². The fourth-order valence-corrected chi connectivity index (χ4v) is 2.25. The van der Waals surface area contributed by atoms with E-state index in [1.807, 2.05) is 13.8 Å². The molecule has 0 spiro atoms. The summed E-state index contributed by atoms with van der Waals surface area (Å²) < 4.78 is 0. The molecule has 0 radical (unpaired) electrons. The zero-order valence-electron chi connectivity index (χ0n) is 11.6. The summed E-state index contributed by atoms with van der Waals surface area (Å²) in [6.45, 7) is 4.06. The molecule has 0 aliphatic heterocycles. The minimum atomic E-state index is 0.184. The minimum absolute atomic E-state index is 0.184. The summed E-state index contributed by atoms with van der Waals surface area (Å²) in [7, 11) is 4.12. The van der Waals surface area contributed by atoms with Crippen LogP contribution in [0.1, 0.15) is 18.2 Å². The second kappa shape index (κ2) is 4.94. The summed E-state index contributed by atoms with van der Waals surface area (Å²) in [4.78, 5) is 6.71. The highest BCUT2D eigenvalue weighted by molar-refractivity contribution is 5.92. The smallest absolute Gasteiger partial charge is 0.0726 e. The van der Waals surface area contributed by atoms with Gasteiger partial charge in [0.2, 0.25) is 0 Å². The molecule has 2 aromatic rings. The maximum atomic E-state index is 5.86. The van der Waals surface area contributed by atoms with E-state index in [-0.39, 0.29) is 6.04 Å². The number of hydrogen-bond donors (Lipinski definition) is 1. The highest BCUT2D eigenvalue weighted by atomic mass is 15.1. The van der Waals surface area contributed by atoms with Crippen molar-refractivity contribution < 1.29 is 0 Å². The summed E-state index contributed by atoms with van der Waals surface area (Å²) in [6.07, 6.45) is 0.899. The number of rotatable bonds is 3. The molecule has 0 bridgehead atoms. The van der Waals surface area contributed by atoms with Crippen molar-refractivity contribution in [2.45, 2.75) is 26.3 Å². The molecule has 1 aromatic heterocycles. The standard InChI is InChI=1S/C15H21N3/c1-10(16)7-12-5-6-14-13(9-12)15(18(3)4)8-11(2)17-14/h5-6,8-10H,7,16H2,1-4H3. The molecule has 2 N–H and O–H groups in total. The quantitative estimate of drug-likeness (QED) is 0.900.